The maximum Gasteiger partial charge on any atom is 0.410 e. The van der Waals surface area contributed by atoms with Gasteiger partial charge < -0.3 is 19.3 Å². The molecule has 42 heavy (non-hydrogen) atoms. The van der Waals surface area contributed by atoms with Crippen LogP contribution in [-0.2, 0) is 27.1 Å². The first kappa shape index (κ1) is 31.1. The monoisotopic (exact) mass is 589 g/mol. The molecular weight excluding hydrogens is 550 g/mol. The number of rotatable bonds is 10. The standard InChI is InChI=1S/C33H39N3O5S/c1-5-18-40-31(38)36-23-28(42-32(39)41-33(2,3)4)20-27(36)22-35(30(37)19-24-10-9-16-34-21-24)17-15-26-13-8-12-25-11-6-7-14-29(25)26/h5-14,16,21,27-28H,1,15,17-20,22-23H2,2-4H3. The number of fused-ring (bicyclic) bond motifs is 1. The first-order valence-corrected chi connectivity index (χ1v) is 15.1. The molecule has 0 saturated carbocycles. The molecule has 2 amide bonds. The van der Waals surface area contributed by atoms with Crippen LogP contribution in [0, 0.1) is 0 Å². The molecule has 0 spiro atoms. The zero-order chi connectivity index (χ0) is 30.1. The number of nitrogens with zero attached hydrogens (tertiary/aromatic N) is 3. The lowest BCUT2D eigenvalue weighted by Crippen LogP contribution is -2.46. The predicted octanol–water partition coefficient (Wildman–Crippen LogP) is 6.28. The number of carbonyl (C=O) groups is 3. The van der Waals surface area contributed by atoms with Gasteiger partial charge in [-0.3, -0.25) is 9.78 Å². The van der Waals surface area contributed by atoms with Crippen LogP contribution in [0.2, 0.25) is 0 Å². The van der Waals surface area contributed by atoms with E-state index in [0.717, 1.165) is 33.7 Å². The Morgan fingerprint density at radius 2 is 1.90 bits per heavy atom. The van der Waals surface area contributed by atoms with Crippen molar-refractivity contribution in [1.82, 2.24) is 14.8 Å². The third kappa shape index (κ3) is 8.82. The highest BCUT2D eigenvalue weighted by atomic mass is 32.2. The van der Waals surface area contributed by atoms with Crippen molar-refractivity contribution in [2.24, 2.45) is 0 Å². The Balaban J connectivity index is 1.55. The Kier molecular flexibility index (Phi) is 10.6. The van der Waals surface area contributed by atoms with E-state index < -0.39 is 11.7 Å². The number of likely N-dealkylation sites (tertiary alicyclic amines) is 1. The molecule has 0 bridgehead atoms. The summed E-state index contributed by atoms with van der Waals surface area (Å²) in [4.78, 5) is 47.0. The molecule has 2 heterocycles. The molecule has 3 aromatic rings. The van der Waals surface area contributed by atoms with Crippen molar-refractivity contribution < 1.29 is 23.9 Å². The van der Waals surface area contributed by atoms with Gasteiger partial charge in [0.1, 0.15) is 12.2 Å². The van der Waals surface area contributed by atoms with Gasteiger partial charge >= 0.3 is 11.4 Å². The second kappa shape index (κ2) is 14.4. The zero-order valence-corrected chi connectivity index (χ0v) is 25.3. The Morgan fingerprint density at radius 3 is 2.64 bits per heavy atom. The van der Waals surface area contributed by atoms with Crippen LogP contribution >= 0.6 is 11.8 Å². The van der Waals surface area contributed by atoms with Crippen molar-refractivity contribution >= 4 is 39.8 Å². The minimum Gasteiger partial charge on any atom is -0.452 e. The summed E-state index contributed by atoms with van der Waals surface area (Å²) in [6.45, 7) is 10.3. The van der Waals surface area contributed by atoms with Gasteiger partial charge in [-0.1, -0.05) is 61.2 Å². The number of carbonyl (C=O) groups excluding carboxylic acids is 3. The molecule has 222 valence electrons. The zero-order valence-electron chi connectivity index (χ0n) is 24.5. The predicted molar refractivity (Wildman–Crippen MR) is 166 cm³/mol. The maximum atomic E-state index is 13.7. The smallest absolute Gasteiger partial charge is 0.410 e. The molecule has 0 radical (unpaired) electrons. The van der Waals surface area contributed by atoms with Gasteiger partial charge in [0.2, 0.25) is 5.91 Å². The Bertz CT molecular complexity index is 1390. The minimum absolute atomic E-state index is 0.0501. The molecule has 4 rings (SSSR count). The van der Waals surface area contributed by atoms with Gasteiger partial charge in [-0.05, 0) is 73.3 Å². The summed E-state index contributed by atoms with van der Waals surface area (Å²) in [5.41, 5.74) is 1.37. The molecule has 8 nitrogen and oxygen atoms in total. The summed E-state index contributed by atoms with van der Waals surface area (Å²) in [6.07, 6.45) is 5.79. The second-order valence-corrected chi connectivity index (χ2v) is 12.6. The normalized spacial score (nSPS) is 16.7. The number of ether oxygens (including phenoxy) is 2. The number of hydrogen-bond acceptors (Lipinski definition) is 7. The highest BCUT2D eigenvalue weighted by molar-refractivity contribution is 8.13. The first-order valence-electron chi connectivity index (χ1n) is 14.2. The third-order valence-electron chi connectivity index (χ3n) is 6.98. The van der Waals surface area contributed by atoms with Crippen molar-refractivity contribution in [3.05, 3.63) is 90.8 Å². The Hall–Kier alpha value is -3.85. The highest BCUT2D eigenvalue weighted by Crippen LogP contribution is 2.31. The number of pyridine rings is 1. The fraction of sp³-hybridized carbons (Fsp3) is 0.394. The van der Waals surface area contributed by atoms with E-state index in [1.807, 2.05) is 56.0 Å². The molecule has 0 N–H and O–H groups in total. The van der Waals surface area contributed by atoms with Gasteiger partial charge in [-0.15, -0.1) is 0 Å². The molecule has 9 heteroatoms. The van der Waals surface area contributed by atoms with E-state index >= 15 is 0 Å². The molecule has 1 fully saturated rings. The summed E-state index contributed by atoms with van der Waals surface area (Å²) in [6, 6.07) is 17.8. The number of aromatic nitrogens is 1. The Labute approximate surface area is 252 Å². The van der Waals surface area contributed by atoms with E-state index in [-0.39, 0.29) is 35.5 Å². The lowest BCUT2D eigenvalue weighted by Gasteiger charge is -2.30. The van der Waals surface area contributed by atoms with E-state index in [1.54, 1.807) is 17.3 Å². The second-order valence-electron chi connectivity index (χ2n) is 11.4. The summed E-state index contributed by atoms with van der Waals surface area (Å²) in [5.74, 6) is -0.0501. The average molecular weight is 590 g/mol. The first-order chi connectivity index (χ1) is 20.1. The molecule has 1 aliphatic heterocycles. The van der Waals surface area contributed by atoms with Crippen molar-refractivity contribution in [2.45, 2.75) is 56.9 Å². The van der Waals surface area contributed by atoms with Crippen LogP contribution in [-0.4, -0.2) is 75.2 Å². The van der Waals surface area contributed by atoms with Crippen LogP contribution < -0.4 is 0 Å². The van der Waals surface area contributed by atoms with E-state index in [2.05, 4.69) is 35.8 Å². The average Bonchev–Trinajstić information content (AvgIpc) is 3.35. The summed E-state index contributed by atoms with van der Waals surface area (Å²) in [5, 5.41) is 1.74. The molecule has 1 aromatic heterocycles. The van der Waals surface area contributed by atoms with Crippen LogP contribution in [0.3, 0.4) is 0 Å². The van der Waals surface area contributed by atoms with Gasteiger partial charge in [0, 0.05) is 37.3 Å². The molecule has 2 unspecified atom stereocenters. The molecule has 2 atom stereocenters. The fourth-order valence-electron chi connectivity index (χ4n) is 5.11. The summed E-state index contributed by atoms with van der Waals surface area (Å²) < 4.78 is 10.9. The third-order valence-corrected chi connectivity index (χ3v) is 7.93. The molecular formula is C33H39N3O5S. The van der Waals surface area contributed by atoms with Gasteiger partial charge in [0.15, 0.2) is 0 Å². The molecule has 2 aromatic carbocycles. The summed E-state index contributed by atoms with van der Waals surface area (Å²) >= 11 is 1.09. The minimum atomic E-state index is -0.609. The van der Waals surface area contributed by atoms with E-state index in [9.17, 15) is 14.4 Å². The number of hydrogen-bond donors (Lipinski definition) is 0. The van der Waals surface area contributed by atoms with Gasteiger partial charge in [0.25, 0.3) is 0 Å². The number of benzene rings is 2. The van der Waals surface area contributed by atoms with Crippen LogP contribution in [0.15, 0.2) is 79.6 Å². The number of thioether (sulfide) groups is 1. The SMILES string of the molecule is C=CCOC(=O)N1CC(SC(=O)OC(C)(C)C)CC1CN(CCc1cccc2ccccc12)C(=O)Cc1cccnc1. The molecule has 0 aliphatic carbocycles. The topological polar surface area (TPSA) is 89.0 Å². The van der Waals surface area contributed by atoms with Gasteiger partial charge in [0.05, 0.1) is 12.5 Å². The lowest BCUT2D eigenvalue weighted by atomic mass is 10.0. The Morgan fingerprint density at radius 1 is 1.12 bits per heavy atom. The van der Waals surface area contributed by atoms with Crippen LogP contribution in [0.5, 0.6) is 0 Å². The largest absolute Gasteiger partial charge is 0.452 e. The van der Waals surface area contributed by atoms with Gasteiger partial charge in [-0.2, -0.15) is 0 Å². The summed E-state index contributed by atoms with van der Waals surface area (Å²) in [7, 11) is 0. The van der Waals surface area contributed by atoms with Crippen molar-refractivity contribution in [2.75, 3.05) is 26.2 Å². The highest BCUT2D eigenvalue weighted by Gasteiger charge is 2.39. The van der Waals surface area contributed by atoms with Crippen molar-refractivity contribution in [1.29, 1.82) is 0 Å². The maximum absolute atomic E-state index is 13.7. The van der Waals surface area contributed by atoms with Crippen LogP contribution in [0.25, 0.3) is 10.8 Å². The quantitative estimate of drug-likeness (QED) is 0.203. The van der Waals surface area contributed by atoms with Gasteiger partial charge in [-0.25, -0.2) is 9.59 Å². The van der Waals surface area contributed by atoms with E-state index in [4.69, 9.17) is 9.47 Å². The van der Waals surface area contributed by atoms with Crippen molar-refractivity contribution in [3.63, 3.8) is 0 Å². The van der Waals surface area contributed by atoms with E-state index in [1.165, 1.54) is 6.08 Å². The fourth-order valence-corrected chi connectivity index (χ4v) is 6.23. The lowest BCUT2D eigenvalue weighted by molar-refractivity contribution is -0.131. The van der Waals surface area contributed by atoms with E-state index in [0.29, 0.717) is 32.5 Å². The molecule has 1 aliphatic rings. The van der Waals surface area contributed by atoms with Crippen LogP contribution in [0.4, 0.5) is 9.59 Å². The molecule has 1 saturated heterocycles. The van der Waals surface area contributed by atoms with Crippen LogP contribution in [0.1, 0.15) is 38.3 Å². The number of amides is 2. The van der Waals surface area contributed by atoms with Crippen molar-refractivity contribution in [3.8, 4) is 0 Å².